The maximum atomic E-state index is 12.4. The van der Waals surface area contributed by atoms with Gasteiger partial charge in [-0.2, -0.15) is 13.2 Å². The van der Waals surface area contributed by atoms with E-state index in [4.69, 9.17) is 9.11 Å². The van der Waals surface area contributed by atoms with Gasteiger partial charge in [0, 0.05) is 6.92 Å². The van der Waals surface area contributed by atoms with Crippen molar-refractivity contribution in [2.75, 3.05) is 6.61 Å². The van der Waals surface area contributed by atoms with Crippen LogP contribution in [0.4, 0.5) is 13.2 Å². The van der Waals surface area contributed by atoms with Crippen LogP contribution in [0.15, 0.2) is 0 Å². The van der Waals surface area contributed by atoms with E-state index in [2.05, 4.69) is 8.92 Å². The molecule has 1 rings (SSSR count). The first kappa shape index (κ1) is 12.6. The molecule has 5 nitrogen and oxygen atoms in total. The molecule has 1 saturated heterocycles. The molecular formula is C6H9F3O5S. The summed E-state index contributed by atoms with van der Waals surface area (Å²) >= 11 is 0. The van der Waals surface area contributed by atoms with Crippen LogP contribution >= 0.6 is 10.9 Å². The Morgan fingerprint density at radius 2 is 2.07 bits per heavy atom. The van der Waals surface area contributed by atoms with Gasteiger partial charge in [-0.1, -0.05) is 0 Å². The van der Waals surface area contributed by atoms with Crippen LogP contribution in [0.2, 0.25) is 0 Å². The molecule has 1 aliphatic heterocycles. The molecule has 1 aliphatic rings. The Hall–Kier alpha value is -0.510. The molecule has 0 aliphatic carbocycles. The predicted octanol–water partition coefficient (Wildman–Crippen LogP) is 1.54. The minimum Gasteiger partial charge on any atom is -0.458 e. The highest BCUT2D eigenvalue weighted by atomic mass is 32.3. The summed E-state index contributed by atoms with van der Waals surface area (Å²) in [7, 11) is -4.24. The zero-order valence-electron chi connectivity index (χ0n) is 7.52. The number of esters is 1. The molecular weight excluding hydrogens is 241 g/mol. The molecule has 0 aromatic heterocycles. The van der Waals surface area contributed by atoms with E-state index >= 15 is 0 Å². The molecule has 1 fully saturated rings. The monoisotopic (exact) mass is 250 g/mol. The summed E-state index contributed by atoms with van der Waals surface area (Å²) in [5.41, 5.74) is 0. The largest absolute Gasteiger partial charge is 0.458 e. The van der Waals surface area contributed by atoms with E-state index in [0.29, 0.717) is 0 Å². The fourth-order valence-electron chi connectivity index (χ4n) is 1.22. The van der Waals surface area contributed by atoms with E-state index in [9.17, 15) is 18.0 Å². The van der Waals surface area contributed by atoms with Crippen LogP contribution in [0, 0.1) is 0 Å². The van der Waals surface area contributed by atoms with Gasteiger partial charge < -0.3 is 13.8 Å². The minimum absolute atomic E-state index is 0.675. The molecule has 0 spiro atoms. The van der Waals surface area contributed by atoms with Crippen molar-refractivity contribution in [3.63, 3.8) is 0 Å². The third-order valence-corrected chi connectivity index (χ3v) is 3.43. The third kappa shape index (κ3) is 2.74. The van der Waals surface area contributed by atoms with Gasteiger partial charge in [0.1, 0.15) is 6.61 Å². The standard InChI is InChI=1S/C6H9F3O5S/c1-3(10)14-4-2-13-15(11,12)5(4)6(7,8)9/h4-5,11-12H,2H2,1H3. The average molecular weight is 250 g/mol. The molecule has 2 atom stereocenters. The Morgan fingerprint density at radius 3 is 2.47 bits per heavy atom. The fourth-order valence-corrected chi connectivity index (χ4v) is 2.58. The maximum Gasteiger partial charge on any atom is 0.409 e. The second-order valence-corrected chi connectivity index (χ2v) is 4.75. The number of carbonyl (C=O) groups is 1. The molecule has 0 amide bonds. The summed E-state index contributed by atoms with van der Waals surface area (Å²) in [5.74, 6) is -0.935. The molecule has 0 aromatic rings. The van der Waals surface area contributed by atoms with Gasteiger partial charge in [-0.15, -0.1) is 0 Å². The van der Waals surface area contributed by atoms with Crippen LogP contribution < -0.4 is 0 Å². The van der Waals surface area contributed by atoms with Crippen LogP contribution in [0.25, 0.3) is 0 Å². The van der Waals surface area contributed by atoms with Crippen molar-refractivity contribution in [2.45, 2.75) is 24.5 Å². The number of alkyl halides is 3. The first-order valence-electron chi connectivity index (χ1n) is 3.80. The summed E-state index contributed by atoms with van der Waals surface area (Å²) in [4.78, 5) is 10.5. The van der Waals surface area contributed by atoms with Gasteiger partial charge in [0.05, 0.1) is 10.9 Å². The summed E-state index contributed by atoms with van der Waals surface area (Å²) in [5, 5.41) is -2.58. The van der Waals surface area contributed by atoms with Gasteiger partial charge in [-0.3, -0.25) is 8.98 Å². The Bertz CT molecular complexity index is 266. The van der Waals surface area contributed by atoms with E-state index in [-0.39, 0.29) is 0 Å². The van der Waals surface area contributed by atoms with Gasteiger partial charge in [-0.05, 0) is 0 Å². The zero-order valence-corrected chi connectivity index (χ0v) is 8.34. The minimum atomic E-state index is -4.89. The highest BCUT2D eigenvalue weighted by Gasteiger charge is 2.61. The van der Waals surface area contributed by atoms with Crippen molar-refractivity contribution in [3.8, 4) is 0 Å². The van der Waals surface area contributed by atoms with Gasteiger partial charge >= 0.3 is 12.1 Å². The van der Waals surface area contributed by atoms with E-state index in [0.717, 1.165) is 6.92 Å². The van der Waals surface area contributed by atoms with Crippen LogP contribution in [-0.4, -0.2) is 39.2 Å². The Labute approximate surface area is 84.7 Å². The van der Waals surface area contributed by atoms with E-state index in [1.807, 2.05) is 0 Å². The third-order valence-electron chi connectivity index (χ3n) is 1.71. The summed E-state index contributed by atoms with van der Waals surface area (Å²) in [6.45, 7) is 0.254. The first-order valence-corrected chi connectivity index (χ1v) is 5.33. The number of ether oxygens (including phenoxy) is 1. The molecule has 2 N–H and O–H groups in total. The van der Waals surface area contributed by atoms with Crippen molar-refractivity contribution < 1.29 is 36.0 Å². The summed E-state index contributed by atoms with van der Waals surface area (Å²) in [6, 6.07) is 0. The van der Waals surface area contributed by atoms with Crippen molar-refractivity contribution in [1.29, 1.82) is 0 Å². The second kappa shape index (κ2) is 3.81. The van der Waals surface area contributed by atoms with Crippen LogP contribution in [0.3, 0.4) is 0 Å². The van der Waals surface area contributed by atoms with Crippen molar-refractivity contribution in [1.82, 2.24) is 0 Å². The lowest BCUT2D eigenvalue weighted by molar-refractivity contribution is -0.166. The van der Waals surface area contributed by atoms with Crippen LogP contribution in [0.5, 0.6) is 0 Å². The molecule has 9 heteroatoms. The number of hydrogen-bond acceptors (Lipinski definition) is 5. The number of carbonyl (C=O) groups excluding carboxylic acids is 1. The highest BCUT2D eigenvalue weighted by molar-refractivity contribution is 8.21. The number of halogens is 3. The molecule has 0 saturated carbocycles. The van der Waals surface area contributed by atoms with Crippen LogP contribution in [-0.2, 0) is 13.7 Å². The van der Waals surface area contributed by atoms with Gasteiger partial charge in [0.2, 0.25) is 0 Å². The molecule has 0 bridgehead atoms. The SMILES string of the molecule is CC(=O)OC1COS(O)(O)C1C(F)(F)F. The Morgan fingerprint density at radius 1 is 1.53 bits per heavy atom. The Kier molecular flexibility index (Phi) is 3.19. The molecule has 90 valence electrons. The van der Waals surface area contributed by atoms with Gasteiger partial charge in [0.25, 0.3) is 0 Å². The molecule has 0 aromatic carbocycles. The second-order valence-electron chi connectivity index (χ2n) is 2.93. The molecule has 2 unspecified atom stereocenters. The van der Waals surface area contributed by atoms with E-state index in [1.54, 1.807) is 0 Å². The molecule has 15 heavy (non-hydrogen) atoms. The van der Waals surface area contributed by atoms with E-state index < -0.39 is 41.0 Å². The quantitative estimate of drug-likeness (QED) is 0.690. The fraction of sp³-hybridized carbons (Fsp3) is 0.833. The van der Waals surface area contributed by atoms with Gasteiger partial charge in [0.15, 0.2) is 11.4 Å². The number of hydrogen-bond donors (Lipinski definition) is 2. The van der Waals surface area contributed by atoms with Crippen molar-refractivity contribution in [2.24, 2.45) is 0 Å². The number of rotatable bonds is 1. The van der Waals surface area contributed by atoms with Crippen LogP contribution in [0.1, 0.15) is 6.92 Å². The van der Waals surface area contributed by atoms with E-state index in [1.165, 1.54) is 0 Å². The van der Waals surface area contributed by atoms with Crippen molar-refractivity contribution >= 4 is 16.8 Å². The smallest absolute Gasteiger partial charge is 0.409 e. The average Bonchev–Trinajstić information content (AvgIpc) is 2.22. The molecule has 1 heterocycles. The van der Waals surface area contributed by atoms with Crippen molar-refractivity contribution in [3.05, 3.63) is 0 Å². The maximum absolute atomic E-state index is 12.4. The predicted molar refractivity (Wildman–Crippen MR) is 44.2 cm³/mol. The molecule has 0 radical (unpaired) electrons. The summed E-state index contributed by atoms with van der Waals surface area (Å²) in [6.07, 6.45) is -6.59. The zero-order chi connectivity index (χ0) is 11.9. The Balaban J connectivity index is 2.87. The normalized spacial score (nSPS) is 32.4. The lowest BCUT2D eigenvalue weighted by Crippen LogP contribution is -2.41. The van der Waals surface area contributed by atoms with Gasteiger partial charge in [-0.25, -0.2) is 0 Å². The first-order chi connectivity index (χ1) is 6.64. The highest BCUT2D eigenvalue weighted by Crippen LogP contribution is 2.58. The lowest BCUT2D eigenvalue weighted by atomic mass is 10.2. The topological polar surface area (TPSA) is 76.0 Å². The lowest BCUT2D eigenvalue weighted by Gasteiger charge is -2.29. The summed E-state index contributed by atoms with van der Waals surface area (Å²) < 4.78 is 63.6.